The summed E-state index contributed by atoms with van der Waals surface area (Å²) < 4.78 is 38.5. The molecule has 2 fully saturated rings. The maximum Gasteiger partial charge on any atom is 0.247 e. The summed E-state index contributed by atoms with van der Waals surface area (Å²) in [4.78, 5) is 108. The van der Waals surface area contributed by atoms with Crippen LogP contribution < -0.4 is 63.7 Å². The Balaban J connectivity index is 0.00000260. The molecule has 5 aromatic rings. The summed E-state index contributed by atoms with van der Waals surface area (Å²) in [6.45, 7) is 5.38. The highest BCUT2D eigenvalue weighted by Crippen LogP contribution is 2.49. The van der Waals surface area contributed by atoms with Crippen molar-refractivity contribution in [1.82, 2.24) is 26.6 Å². The second kappa shape index (κ2) is 36.7. The summed E-state index contributed by atoms with van der Waals surface area (Å²) in [6, 6.07) is 10.3. The maximum absolute atomic E-state index is 15.4. The predicted octanol–water partition coefficient (Wildman–Crippen LogP) is 1.41. The van der Waals surface area contributed by atoms with Crippen molar-refractivity contribution in [3.63, 3.8) is 0 Å². The molecule has 0 radical (unpaired) electrons. The summed E-state index contributed by atoms with van der Waals surface area (Å²) in [5, 5.41) is 103. The van der Waals surface area contributed by atoms with Crippen molar-refractivity contribution in [2.24, 2.45) is 28.9 Å². The minimum Gasteiger partial charge on any atom is -0.508 e. The van der Waals surface area contributed by atoms with Crippen LogP contribution in [0.15, 0.2) is 78.9 Å². The van der Waals surface area contributed by atoms with Crippen LogP contribution in [-0.2, 0) is 65.5 Å². The van der Waals surface area contributed by atoms with Crippen molar-refractivity contribution in [2.75, 3.05) is 20.7 Å². The molecule has 11 rings (SSSR count). The Labute approximate surface area is 596 Å². The van der Waals surface area contributed by atoms with Crippen molar-refractivity contribution in [3.05, 3.63) is 117 Å². The van der Waals surface area contributed by atoms with E-state index in [0.717, 1.165) is 18.2 Å². The molecular formula is C68H89Cl2N9O23. The Hall–Kier alpha value is -9.00. The molecule has 102 heavy (non-hydrogen) atoms. The molecule has 34 heteroatoms. The number of halogens is 2. The molecule has 6 aliphatic rings. The van der Waals surface area contributed by atoms with Gasteiger partial charge in [-0.05, 0) is 122 Å². The Morgan fingerprint density at radius 1 is 0.804 bits per heavy atom. The van der Waals surface area contributed by atoms with Crippen LogP contribution in [0.3, 0.4) is 0 Å². The largest absolute Gasteiger partial charge is 0.508 e. The molecule has 0 aliphatic carbocycles. The summed E-state index contributed by atoms with van der Waals surface area (Å²) in [5.41, 5.74) is 19.1. The molecule has 9 unspecified atom stereocenters. The number of likely N-dealkylation sites (N-methyl/N-ethyl adjacent to an activating group) is 1. The van der Waals surface area contributed by atoms with E-state index in [4.69, 9.17) is 67.9 Å². The zero-order valence-corrected chi connectivity index (χ0v) is 57.2. The van der Waals surface area contributed by atoms with E-state index < -0.39 is 180 Å². The molecule has 9 bridgehead atoms. The third-order valence-electron chi connectivity index (χ3n) is 16.8. The molecule has 0 spiro atoms. The van der Waals surface area contributed by atoms with E-state index in [9.17, 15) is 64.8 Å². The number of aliphatic hydroxyl groups is 5. The van der Waals surface area contributed by atoms with Gasteiger partial charge in [0.15, 0.2) is 23.9 Å². The number of hydrogen-bond donors (Lipinski definition) is 17. The average Bonchev–Trinajstić information content (AvgIpc) is 0.804. The van der Waals surface area contributed by atoms with Crippen LogP contribution >= 0.6 is 23.2 Å². The number of fused-ring (bicyclic) bond motifs is 15. The molecule has 558 valence electrons. The first kappa shape index (κ1) is 83.7. The Bertz CT molecular complexity index is 3830. The van der Waals surface area contributed by atoms with E-state index in [1.165, 1.54) is 81.7 Å². The number of nitrogens with two attached hydrogens (primary N) is 4. The first-order valence-corrected chi connectivity index (χ1v) is 32.3. The first-order valence-electron chi connectivity index (χ1n) is 31.5. The molecule has 5 aromatic carbocycles. The van der Waals surface area contributed by atoms with Crippen molar-refractivity contribution >= 4 is 70.8 Å². The number of ketones is 1. The number of ether oxygens (including phenoxy) is 6. The molecule has 6 heterocycles. The Morgan fingerprint density at radius 2 is 1.43 bits per heavy atom. The standard InChI is InChI=1S/C65H75Cl2N7O21.CH3NO.CH5N.CH4.H2O/c1-27(2)6-15-48(81)73-53-54(82)31-10-14-43(37(67)18-31)92-45-20-32-19-44(57(45)95-64-58(56(84)55(83)46(26-75)93-64)94-49-24-65(4,69)59(85)28(3)90-49)91-42-13-9-29(17-36(42)66)7-12-40(78)51(61(87)70-5)35-21-33(76)22-41(79)50(35)34-16-30(8-11-39(34)77)25-71-62(88)52(32)74-60(86)38(23-47(68)80)72-63(53)89;2-1-3;1-2;;/h8-11,13-14,16-22,27-28,38,46,49,51-56,58-59,64,75-77,79,82-85H,6-7,12,15,23-26,69H2,1-5H3,(H2,68,80)(H,70,87)(H,71,88)(H,72,89)(H,73,81)(H,74,86);1H,(H2,2,3);2H2,1H3;1H4;1H2/t28?,38-,46?,49?,51+,52+,53+,54+,55?,56?,58?,59?,64?,65?;;;;/m0..../s1. The van der Waals surface area contributed by atoms with Gasteiger partial charge in [-0.1, -0.05) is 62.7 Å². The number of Topliss-reactive ketones (excluding diaryl/α,β-unsaturated/α-hetero) is 1. The molecule has 6 aliphatic heterocycles. The molecule has 0 saturated carbocycles. The number of nitrogens with one attached hydrogen (secondary N) is 5. The van der Waals surface area contributed by atoms with Gasteiger partial charge in [-0.25, -0.2) is 0 Å². The number of aromatic hydroxyl groups is 3. The molecule has 14 atom stereocenters. The first-order chi connectivity index (χ1) is 47.4. The highest BCUT2D eigenvalue weighted by Gasteiger charge is 2.51. The highest BCUT2D eigenvalue weighted by molar-refractivity contribution is 6.32. The third-order valence-corrected chi connectivity index (χ3v) is 17.3. The lowest BCUT2D eigenvalue weighted by Gasteiger charge is -2.47. The van der Waals surface area contributed by atoms with Crippen molar-refractivity contribution in [2.45, 2.75) is 165 Å². The van der Waals surface area contributed by atoms with E-state index in [1.807, 2.05) is 13.8 Å². The second-order valence-electron chi connectivity index (χ2n) is 24.6. The van der Waals surface area contributed by atoms with Crippen LogP contribution in [0.2, 0.25) is 10.0 Å². The van der Waals surface area contributed by atoms with Crippen LogP contribution in [0, 0.1) is 5.92 Å². The maximum atomic E-state index is 15.4. The summed E-state index contributed by atoms with van der Waals surface area (Å²) in [7, 11) is 2.77. The Morgan fingerprint density at radius 3 is 2.02 bits per heavy atom. The number of phenols is 3. The van der Waals surface area contributed by atoms with Gasteiger partial charge in [0, 0.05) is 55.6 Å². The van der Waals surface area contributed by atoms with Gasteiger partial charge in [-0.15, -0.1) is 0 Å². The lowest BCUT2D eigenvalue weighted by Crippen LogP contribution is -2.64. The molecule has 0 aromatic heterocycles. The number of benzene rings is 5. The normalized spacial score (nSPS) is 25.7. The number of rotatable bonds is 12. The van der Waals surface area contributed by atoms with E-state index in [-0.39, 0.29) is 106 Å². The smallest absolute Gasteiger partial charge is 0.247 e. The molecular weight excluding hydrogens is 1380 g/mol. The van der Waals surface area contributed by atoms with E-state index in [1.54, 1.807) is 6.92 Å². The number of primary amides is 2. The monoisotopic (exact) mass is 1470 g/mol. The van der Waals surface area contributed by atoms with Crippen LogP contribution in [-0.4, -0.2) is 181 Å². The number of hydrogen-bond acceptors (Lipinski definition) is 24. The fraction of sp³-hybridized carbons (Fsp3) is 0.441. The van der Waals surface area contributed by atoms with Gasteiger partial charge in [0.05, 0.1) is 35.3 Å². The fourth-order valence-electron chi connectivity index (χ4n) is 11.6. The SMILES string of the molecule is C.CN.CNC(=O)[C@H]1C(=O)CCc2ccc(c(Cl)c2)Oc2cc3cc(c2OC2OC(CO)C(O)C(O)C2OC2CC(C)(N)C(O)C(C)O2)Oc2ccc(cc2Cl)[C@@H](O)[C@@H](NC(=O)CCC(C)C)C(=O)N[C@@H](CC(N)=O)C(=O)N[C@H]3C(=O)NCc2ccc(O)c(c2)-c2c(O)cc(O)cc21.NC=O.O. The summed E-state index contributed by atoms with van der Waals surface area (Å²) in [6.07, 6.45) is -15.6. The molecule has 2 saturated heterocycles. The highest BCUT2D eigenvalue weighted by atomic mass is 35.5. The molecule has 32 nitrogen and oxygen atoms in total. The molecule has 23 N–H and O–H groups in total. The number of aliphatic hydroxyl groups excluding tert-OH is 5. The average molecular weight is 1470 g/mol. The lowest BCUT2D eigenvalue weighted by molar-refractivity contribution is -0.333. The van der Waals surface area contributed by atoms with E-state index in [0.29, 0.717) is 12.0 Å². The van der Waals surface area contributed by atoms with E-state index in [2.05, 4.69) is 38.1 Å². The quantitative estimate of drug-likeness (QED) is 0.0620. The minimum absolute atomic E-state index is 0. The van der Waals surface area contributed by atoms with Gasteiger partial charge < -0.3 is 124 Å². The third kappa shape index (κ3) is 20.0. The van der Waals surface area contributed by atoms with Crippen LogP contribution in [0.4, 0.5) is 0 Å². The predicted molar refractivity (Wildman–Crippen MR) is 367 cm³/mol. The number of aryl methyl sites for hydroxylation is 1. The topological polar surface area (TPSA) is 550 Å². The minimum atomic E-state index is -2.02. The lowest BCUT2D eigenvalue weighted by atomic mass is 9.84. The number of phenolic OH excluding ortho intramolecular Hbond substituents is 3. The van der Waals surface area contributed by atoms with Crippen molar-refractivity contribution in [1.29, 1.82) is 0 Å². The number of carbonyl (C=O) groups is 8. The van der Waals surface area contributed by atoms with Crippen molar-refractivity contribution in [3.8, 4) is 57.1 Å². The van der Waals surface area contributed by atoms with Crippen LogP contribution in [0.25, 0.3) is 11.1 Å². The van der Waals surface area contributed by atoms with Crippen molar-refractivity contribution < 1.29 is 113 Å². The fourth-order valence-corrected chi connectivity index (χ4v) is 12.1. The van der Waals surface area contributed by atoms with Gasteiger partial charge in [0.2, 0.25) is 53.9 Å². The van der Waals surface area contributed by atoms with Crippen LogP contribution in [0.1, 0.15) is 113 Å². The second-order valence-corrected chi connectivity index (χ2v) is 25.4. The number of carbonyl (C=O) groups excluding carboxylic acids is 8. The zero-order chi connectivity index (χ0) is 73.8. The van der Waals surface area contributed by atoms with E-state index >= 15 is 9.59 Å². The number of amides is 7. The van der Waals surface area contributed by atoms with Gasteiger partial charge in [-0.2, -0.15) is 0 Å². The van der Waals surface area contributed by atoms with Gasteiger partial charge in [-0.3, -0.25) is 38.4 Å². The van der Waals surface area contributed by atoms with Gasteiger partial charge >= 0.3 is 0 Å². The van der Waals surface area contributed by atoms with Gasteiger partial charge in [0.25, 0.3) is 0 Å². The van der Waals surface area contributed by atoms with Gasteiger partial charge in [0.1, 0.15) is 83.0 Å². The Kier molecular flexibility index (Phi) is 30.1. The molecule has 7 amide bonds. The summed E-state index contributed by atoms with van der Waals surface area (Å²) >= 11 is 14.1. The summed E-state index contributed by atoms with van der Waals surface area (Å²) in [5.74, 6) is -12.2. The van der Waals surface area contributed by atoms with Crippen LogP contribution in [0.5, 0.6) is 46.0 Å². The zero-order valence-electron chi connectivity index (χ0n) is 55.7.